The van der Waals surface area contributed by atoms with Gasteiger partial charge in [0, 0.05) is 13.1 Å². The van der Waals surface area contributed by atoms with E-state index >= 15 is 0 Å². The lowest BCUT2D eigenvalue weighted by molar-refractivity contribution is -0.143. The van der Waals surface area contributed by atoms with E-state index in [1.54, 1.807) is 0 Å². The molecule has 1 aliphatic heterocycles. The van der Waals surface area contributed by atoms with Gasteiger partial charge in [-0.3, -0.25) is 4.79 Å². The normalized spacial score (nSPS) is 18.0. The second kappa shape index (κ2) is 6.48. The SMILES string of the molecule is O=C(O)C1CCN(S(=O)(=O)c2ccc(CC(F)(F)F)cc2)CC1. The summed E-state index contributed by atoms with van der Waals surface area (Å²) < 4.78 is 62.9. The van der Waals surface area contributed by atoms with Gasteiger partial charge in [0.1, 0.15) is 0 Å². The fraction of sp³-hybridized carbons (Fsp3) is 0.500. The van der Waals surface area contributed by atoms with Crippen LogP contribution >= 0.6 is 0 Å². The lowest BCUT2D eigenvalue weighted by Crippen LogP contribution is -2.40. The molecule has 1 saturated heterocycles. The molecule has 0 atom stereocenters. The fourth-order valence-electron chi connectivity index (χ4n) is 2.50. The lowest BCUT2D eigenvalue weighted by atomic mass is 9.99. The number of alkyl halides is 3. The zero-order valence-electron chi connectivity index (χ0n) is 12.1. The molecule has 0 saturated carbocycles. The van der Waals surface area contributed by atoms with Crippen molar-refractivity contribution in [1.82, 2.24) is 4.31 Å². The van der Waals surface area contributed by atoms with E-state index in [4.69, 9.17) is 5.11 Å². The Balaban J connectivity index is 2.10. The van der Waals surface area contributed by atoms with Gasteiger partial charge in [-0.25, -0.2) is 8.42 Å². The third kappa shape index (κ3) is 4.44. The molecule has 0 radical (unpaired) electrons. The smallest absolute Gasteiger partial charge is 0.393 e. The summed E-state index contributed by atoms with van der Waals surface area (Å²) >= 11 is 0. The summed E-state index contributed by atoms with van der Waals surface area (Å²) in [7, 11) is -3.81. The summed E-state index contributed by atoms with van der Waals surface area (Å²) in [5.41, 5.74) is -0.0129. The van der Waals surface area contributed by atoms with E-state index < -0.39 is 34.5 Å². The van der Waals surface area contributed by atoms with E-state index in [1.165, 1.54) is 4.31 Å². The summed E-state index contributed by atoms with van der Waals surface area (Å²) in [6.07, 6.45) is -5.02. The predicted octanol–water partition coefficient (Wildman–Crippen LogP) is 2.28. The van der Waals surface area contributed by atoms with Crippen molar-refractivity contribution in [2.24, 2.45) is 5.92 Å². The minimum absolute atomic E-state index is 0.0129. The minimum atomic E-state index is -4.35. The number of aliphatic carboxylic acids is 1. The average Bonchev–Trinajstić information content (AvgIpc) is 2.46. The highest BCUT2D eigenvalue weighted by Crippen LogP contribution is 2.26. The highest BCUT2D eigenvalue weighted by molar-refractivity contribution is 7.89. The number of halogens is 3. The number of carboxylic acids is 1. The maximum atomic E-state index is 12.4. The zero-order chi connectivity index (χ0) is 17.3. The van der Waals surface area contributed by atoms with Gasteiger partial charge in [-0.1, -0.05) is 12.1 Å². The van der Waals surface area contributed by atoms with Crippen molar-refractivity contribution in [3.8, 4) is 0 Å². The molecule has 0 amide bonds. The van der Waals surface area contributed by atoms with E-state index in [0.29, 0.717) is 0 Å². The van der Waals surface area contributed by atoms with Gasteiger partial charge in [0.25, 0.3) is 0 Å². The number of sulfonamides is 1. The van der Waals surface area contributed by atoms with Crippen LogP contribution in [0.5, 0.6) is 0 Å². The minimum Gasteiger partial charge on any atom is -0.481 e. The van der Waals surface area contributed by atoms with Crippen LogP contribution < -0.4 is 0 Å². The topological polar surface area (TPSA) is 74.7 Å². The molecular formula is C14H16F3NO4S. The molecule has 1 aromatic carbocycles. The van der Waals surface area contributed by atoms with E-state index in [9.17, 15) is 26.4 Å². The van der Waals surface area contributed by atoms with E-state index in [0.717, 1.165) is 24.3 Å². The monoisotopic (exact) mass is 351 g/mol. The van der Waals surface area contributed by atoms with Gasteiger partial charge in [0.2, 0.25) is 10.0 Å². The summed E-state index contributed by atoms with van der Waals surface area (Å²) in [5.74, 6) is -1.51. The van der Waals surface area contributed by atoms with Crippen molar-refractivity contribution in [2.45, 2.75) is 30.3 Å². The molecule has 1 fully saturated rings. The number of nitrogens with zero attached hydrogens (tertiary/aromatic N) is 1. The first-order valence-electron chi connectivity index (χ1n) is 6.98. The number of hydrogen-bond donors (Lipinski definition) is 1. The van der Waals surface area contributed by atoms with Crippen LogP contribution in [0.4, 0.5) is 13.2 Å². The number of carbonyl (C=O) groups is 1. The van der Waals surface area contributed by atoms with E-state index in [-0.39, 0.29) is 36.4 Å². The zero-order valence-corrected chi connectivity index (χ0v) is 12.9. The number of carboxylic acid groups (broad SMARTS) is 1. The van der Waals surface area contributed by atoms with Gasteiger partial charge >= 0.3 is 12.1 Å². The van der Waals surface area contributed by atoms with Crippen LogP contribution in [0, 0.1) is 5.92 Å². The molecule has 0 unspecified atom stereocenters. The number of benzene rings is 1. The Labute approximate surface area is 131 Å². The molecule has 1 N–H and O–H groups in total. The van der Waals surface area contributed by atoms with E-state index in [2.05, 4.69) is 0 Å². The Hall–Kier alpha value is -1.61. The molecule has 0 spiro atoms. The summed E-state index contributed by atoms with van der Waals surface area (Å²) in [6, 6.07) is 4.59. The Kier molecular flexibility index (Phi) is 5.00. The Bertz CT molecular complexity index is 662. The third-order valence-electron chi connectivity index (χ3n) is 3.77. The largest absolute Gasteiger partial charge is 0.481 e. The first-order chi connectivity index (χ1) is 10.6. The Morgan fingerprint density at radius 3 is 2.13 bits per heavy atom. The molecule has 23 heavy (non-hydrogen) atoms. The van der Waals surface area contributed by atoms with Gasteiger partial charge in [0.05, 0.1) is 17.2 Å². The molecule has 1 aliphatic rings. The standard InChI is InChI=1S/C14H16F3NO4S/c15-14(16,17)9-10-1-3-12(4-2-10)23(21,22)18-7-5-11(6-8-18)13(19)20/h1-4,11H,5-9H2,(H,19,20). The molecule has 1 aromatic rings. The highest BCUT2D eigenvalue weighted by Gasteiger charge is 2.32. The second-order valence-corrected chi connectivity index (χ2v) is 7.39. The first-order valence-corrected chi connectivity index (χ1v) is 8.42. The van der Waals surface area contributed by atoms with E-state index in [1.807, 2.05) is 0 Å². The molecule has 1 heterocycles. The third-order valence-corrected chi connectivity index (χ3v) is 5.68. The highest BCUT2D eigenvalue weighted by atomic mass is 32.2. The van der Waals surface area contributed by atoms with Crippen molar-refractivity contribution >= 4 is 16.0 Å². The van der Waals surface area contributed by atoms with Crippen LogP contribution in [0.2, 0.25) is 0 Å². The molecule has 5 nitrogen and oxygen atoms in total. The molecule has 128 valence electrons. The quantitative estimate of drug-likeness (QED) is 0.903. The van der Waals surface area contributed by atoms with Crippen molar-refractivity contribution in [2.75, 3.05) is 13.1 Å². The number of piperidine rings is 1. The number of hydrogen-bond acceptors (Lipinski definition) is 3. The van der Waals surface area contributed by atoms with Crippen LogP contribution in [-0.2, 0) is 21.2 Å². The maximum Gasteiger partial charge on any atom is 0.393 e. The van der Waals surface area contributed by atoms with Crippen LogP contribution in [0.1, 0.15) is 18.4 Å². The maximum absolute atomic E-state index is 12.4. The molecule has 2 rings (SSSR count). The predicted molar refractivity (Wildman–Crippen MR) is 75.3 cm³/mol. The molecular weight excluding hydrogens is 335 g/mol. The van der Waals surface area contributed by atoms with Gasteiger partial charge in [-0.05, 0) is 30.5 Å². The summed E-state index contributed by atoms with van der Waals surface area (Å²) in [4.78, 5) is 10.8. The number of rotatable bonds is 4. The van der Waals surface area contributed by atoms with Gasteiger partial charge in [-0.15, -0.1) is 0 Å². The van der Waals surface area contributed by atoms with Crippen LogP contribution in [0.25, 0.3) is 0 Å². The fourth-order valence-corrected chi connectivity index (χ4v) is 3.97. The van der Waals surface area contributed by atoms with Crippen LogP contribution in [-0.4, -0.2) is 43.1 Å². The van der Waals surface area contributed by atoms with Gasteiger partial charge in [-0.2, -0.15) is 17.5 Å². The van der Waals surface area contributed by atoms with Crippen LogP contribution in [0.15, 0.2) is 29.2 Å². The Morgan fingerprint density at radius 2 is 1.70 bits per heavy atom. The van der Waals surface area contributed by atoms with Crippen molar-refractivity contribution in [1.29, 1.82) is 0 Å². The summed E-state index contributed by atoms with van der Waals surface area (Å²) in [6.45, 7) is 0.174. The van der Waals surface area contributed by atoms with Crippen molar-refractivity contribution in [3.05, 3.63) is 29.8 Å². The van der Waals surface area contributed by atoms with Crippen LogP contribution in [0.3, 0.4) is 0 Å². The Morgan fingerprint density at radius 1 is 1.17 bits per heavy atom. The van der Waals surface area contributed by atoms with Crippen molar-refractivity contribution in [3.63, 3.8) is 0 Å². The molecule has 9 heteroatoms. The molecule has 0 aromatic heterocycles. The first kappa shape index (κ1) is 17.7. The average molecular weight is 351 g/mol. The van der Waals surface area contributed by atoms with Gasteiger partial charge < -0.3 is 5.11 Å². The van der Waals surface area contributed by atoms with Crippen molar-refractivity contribution < 1.29 is 31.5 Å². The second-order valence-electron chi connectivity index (χ2n) is 5.45. The molecule has 0 bridgehead atoms. The molecule has 0 aliphatic carbocycles. The lowest BCUT2D eigenvalue weighted by Gasteiger charge is -2.29. The van der Waals surface area contributed by atoms with Gasteiger partial charge in [0.15, 0.2) is 0 Å². The summed E-state index contributed by atoms with van der Waals surface area (Å²) in [5, 5.41) is 8.91.